The molecule has 0 heterocycles. The fourth-order valence-electron chi connectivity index (χ4n) is 1.52. The third-order valence-corrected chi connectivity index (χ3v) is 4.18. The molecule has 0 aliphatic carbocycles. The molecule has 0 aromatic heterocycles. The van der Waals surface area contributed by atoms with Gasteiger partial charge in [0.2, 0.25) is 0 Å². The van der Waals surface area contributed by atoms with Crippen molar-refractivity contribution in [1.82, 2.24) is 5.32 Å². The van der Waals surface area contributed by atoms with E-state index >= 15 is 0 Å². The topological polar surface area (TPSA) is 12.0 Å². The van der Waals surface area contributed by atoms with Crippen molar-refractivity contribution >= 4 is 11.6 Å². The standard InChI is InChI=1S/C15H23ClFN/c1-10(2)15(4,5)9-18-11(3)12-6-7-13(16)14(17)8-12/h6-8,10-11,18H,9H2,1-5H3. The molecule has 1 aromatic rings. The minimum Gasteiger partial charge on any atom is -0.310 e. The fraction of sp³-hybridized carbons (Fsp3) is 0.600. The van der Waals surface area contributed by atoms with Gasteiger partial charge in [-0.15, -0.1) is 0 Å². The average molecular weight is 272 g/mol. The highest BCUT2D eigenvalue weighted by atomic mass is 35.5. The summed E-state index contributed by atoms with van der Waals surface area (Å²) < 4.78 is 13.4. The summed E-state index contributed by atoms with van der Waals surface area (Å²) in [6.45, 7) is 11.8. The molecule has 1 atom stereocenters. The lowest BCUT2D eigenvalue weighted by Gasteiger charge is -2.31. The van der Waals surface area contributed by atoms with Gasteiger partial charge in [0.05, 0.1) is 5.02 Å². The van der Waals surface area contributed by atoms with Crippen molar-refractivity contribution in [1.29, 1.82) is 0 Å². The van der Waals surface area contributed by atoms with Gasteiger partial charge in [-0.3, -0.25) is 0 Å². The number of rotatable bonds is 5. The van der Waals surface area contributed by atoms with Crippen molar-refractivity contribution < 1.29 is 4.39 Å². The third kappa shape index (κ3) is 3.96. The Kier molecular flexibility index (Phi) is 5.18. The highest BCUT2D eigenvalue weighted by Gasteiger charge is 2.22. The van der Waals surface area contributed by atoms with E-state index in [1.807, 2.05) is 13.0 Å². The number of halogens is 2. The highest BCUT2D eigenvalue weighted by molar-refractivity contribution is 6.30. The predicted molar refractivity (Wildman–Crippen MR) is 76.4 cm³/mol. The van der Waals surface area contributed by atoms with Gasteiger partial charge in [0.1, 0.15) is 5.82 Å². The van der Waals surface area contributed by atoms with Crippen LogP contribution >= 0.6 is 11.6 Å². The molecule has 0 aliphatic rings. The highest BCUT2D eigenvalue weighted by Crippen LogP contribution is 2.26. The molecule has 1 N–H and O–H groups in total. The molecule has 1 rings (SSSR count). The molecule has 0 amide bonds. The average Bonchev–Trinajstić information content (AvgIpc) is 2.29. The Labute approximate surface area is 115 Å². The van der Waals surface area contributed by atoms with E-state index in [2.05, 4.69) is 33.0 Å². The van der Waals surface area contributed by atoms with Gasteiger partial charge in [-0.05, 0) is 36.0 Å². The summed E-state index contributed by atoms with van der Waals surface area (Å²) in [6.07, 6.45) is 0. The smallest absolute Gasteiger partial charge is 0.142 e. The normalized spacial score (nSPS) is 14.0. The molecule has 1 nitrogen and oxygen atoms in total. The van der Waals surface area contributed by atoms with Gasteiger partial charge in [-0.2, -0.15) is 0 Å². The van der Waals surface area contributed by atoms with E-state index in [9.17, 15) is 4.39 Å². The Morgan fingerprint density at radius 2 is 1.89 bits per heavy atom. The van der Waals surface area contributed by atoms with Crippen molar-refractivity contribution in [2.75, 3.05) is 6.54 Å². The monoisotopic (exact) mass is 271 g/mol. The van der Waals surface area contributed by atoms with E-state index in [1.54, 1.807) is 6.07 Å². The molecule has 1 unspecified atom stereocenters. The third-order valence-electron chi connectivity index (χ3n) is 3.87. The molecule has 0 radical (unpaired) electrons. The Bertz CT molecular complexity index is 401. The molecule has 3 heteroatoms. The second kappa shape index (κ2) is 6.03. The number of hydrogen-bond donors (Lipinski definition) is 1. The molecular formula is C15H23ClFN. The molecule has 0 saturated heterocycles. The largest absolute Gasteiger partial charge is 0.310 e. The van der Waals surface area contributed by atoms with Crippen LogP contribution < -0.4 is 5.32 Å². The summed E-state index contributed by atoms with van der Waals surface area (Å²) in [5.41, 5.74) is 1.15. The Balaban J connectivity index is 2.66. The maximum Gasteiger partial charge on any atom is 0.142 e. The molecule has 1 aromatic carbocycles. The minimum absolute atomic E-state index is 0.120. The Hall–Kier alpha value is -0.600. The summed E-state index contributed by atoms with van der Waals surface area (Å²) in [5.74, 6) is 0.241. The zero-order valence-electron chi connectivity index (χ0n) is 11.8. The van der Waals surface area contributed by atoms with E-state index in [0.29, 0.717) is 5.92 Å². The number of benzene rings is 1. The lowest BCUT2D eigenvalue weighted by atomic mass is 9.81. The van der Waals surface area contributed by atoms with Crippen LogP contribution in [0.15, 0.2) is 18.2 Å². The number of hydrogen-bond acceptors (Lipinski definition) is 1. The van der Waals surface area contributed by atoms with Crippen LogP contribution in [0.1, 0.15) is 46.2 Å². The molecule has 0 aliphatic heterocycles. The summed E-state index contributed by atoms with van der Waals surface area (Å²) in [6, 6.07) is 5.10. The van der Waals surface area contributed by atoms with E-state index in [0.717, 1.165) is 12.1 Å². The predicted octanol–water partition coefficient (Wildman–Crippen LogP) is 4.81. The van der Waals surface area contributed by atoms with Gasteiger partial charge in [0.15, 0.2) is 0 Å². The van der Waals surface area contributed by atoms with Crippen molar-refractivity contribution in [2.45, 2.75) is 40.7 Å². The van der Waals surface area contributed by atoms with Crippen molar-refractivity contribution in [3.63, 3.8) is 0 Å². The summed E-state index contributed by atoms with van der Waals surface area (Å²) in [5, 5.41) is 3.63. The zero-order chi connectivity index (χ0) is 13.9. The minimum atomic E-state index is -0.356. The lowest BCUT2D eigenvalue weighted by molar-refractivity contribution is 0.230. The maximum atomic E-state index is 13.4. The summed E-state index contributed by atoms with van der Waals surface area (Å²) >= 11 is 5.68. The van der Waals surface area contributed by atoms with E-state index in [-0.39, 0.29) is 22.3 Å². The first-order valence-electron chi connectivity index (χ1n) is 6.42. The Morgan fingerprint density at radius 3 is 2.39 bits per heavy atom. The van der Waals surface area contributed by atoms with Gasteiger partial charge in [0, 0.05) is 12.6 Å². The SMILES string of the molecule is CC(NCC(C)(C)C(C)C)c1ccc(Cl)c(F)c1. The van der Waals surface area contributed by atoms with Crippen molar-refractivity contribution in [3.8, 4) is 0 Å². The zero-order valence-corrected chi connectivity index (χ0v) is 12.6. The second-order valence-corrected chi connectivity index (χ2v) is 6.33. The molecule has 0 saturated carbocycles. The maximum absolute atomic E-state index is 13.4. The van der Waals surface area contributed by atoms with Gasteiger partial charge >= 0.3 is 0 Å². The summed E-state index contributed by atoms with van der Waals surface area (Å²) in [4.78, 5) is 0. The van der Waals surface area contributed by atoms with Crippen LogP contribution in [0.2, 0.25) is 5.02 Å². The first-order chi connectivity index (χ1) is 8.24. The van der Waals surface area contributed by atoms with Gasteiger partial charge in [0.25, 0.3) is 0 Å². The Morgan fingerprint density at radius 1 is 1.28 bits per heavy atom. The molecule has 0 bridgehead atoms. The summed E-state index contributed by atoms with van der Waals surface area (Å²) in [7, 11) is 0. The van der Waals surface area contributed by atoms with E-state index in [1.165, 1.54) is 6.07 Å². The van der Waals surface area contributed by atoms with Crippen LogP contribution in [0.25, 0.3) is 0 Å². The van der Waals surface area contributed by atoms with Gasteiger partial charge in [-0.1, -0.05) is 45.4 Å². The van der Waals surface area contributed by atoms with E-state index < -0.39 is 0 Å². The lowest BCUT2D eigenvalue weighted by Crippen LogP contribution is -2.34. The van der Waals surface area contributed by atoms with Gasteiger partial charge in [-0.25, -0.2) is 4.39 Å². The van der Waals surface area contributed by atoms with E-state index in [4.69, 9.17) is 11.6 Å². The molecule has 0 spiro atoms. The van der Waals surface area contributed by atoms with Crippen LogP contribution in [-0.4, -0.2) is 6.54 Å². The van der Waals surface area contributed by atoms with Crippen LogP contribution in [0.4, 0.5) is 4.39 Å². The molecule has 18 heavy (non-hydrogen) atoms. The fourth-order valence-corrected chi connectivity index (χ4v) is 1.64. The molecular weight excluding hydrogens is 249 g/mol. The van der Waals surface area contributed by atoms with Crippen LogP contribution in [0.5, 0.6) is 0 Å². The van der Waals surface area contributed by atoms with Crippen LogP contribution in [0, 0.1) is 17.2 Å². The van der Waals surface area contributed by atoms with Crippen molar-refractivity contribution in [3.05, 3.63) is 34.6 Å². The molecule has 102 valence electrons. The quantitative estimate of drug-likeness (QED) is 0.810. The number of nitrogens with one attached hydrogen (secondary N) is 1. The van der Waals surface area contributed by atoms with Gasteiger partial charge < -0.3 is 5.32 Å². The molecule has 0 fully saturated rings. The second-order valence-electron chi connectivity index (χ2n) is 5.92. The first kappa shape index (κ1) is 15.5. The van der Waals surface area contributed by atoms with Crippen molar-refractivity contribution in [2.24, 2.45) is 11.3 Å². The van der Waals surface area contributed by atoms with Crippen LogP contribution in [-0.2, 0) is 0 Å². The van der Waals surface area contributed by atoms with Crippen LogP contribution in [0.3, 0.4) is 0 Å². The first-order valence-corrected chi connectivity index (χ1v) is 6.80.